The summed E-state index contributed by atoms with van der Waals surface area (Å²) in [4.78, 5) is 11.3. The maximum Gasteiger partial charge on any atom is 0.121 e. The van der Waals surface area contributed by atoms with Crippen LogP contribution in [0.15, 0.2) is 0 Å². The zero-order chi connectivity index (χ0) is 11.4. The van der Waals surface area contributed by atoms with Gasteiger partial charge in [-0.15, -0.1) is 0 Å². The lowest BCUT2D eigenvalue weighted by molar-refractivity contribution is -1.20. The Balaban J connectivity index is 4.10. The number of hydrogen-bond donors (Lipinski definition) is 1. The van der Waals surface area contributed by atoms with E-state index in [1.165, 1.54) is 0 Å². The van der Waals surface area contributed by atoms with E-state index in [4.69, 9.17) is 9.68 Å². The third-order valence-electron chi connectivity index (χ3n) is 1.43. The molecule has 4 heteroatoms. The minimum atomic E-state index is -0.169. The highest BCUT2D eigenvalue weighted by atomic mass is 16.8. The Labute approximate surface area is 87.6 Å². The molecule has 1 unspecified atom stereocenters. The van der Waals surface area contributed by atoms with Crippen molar-refractivity contribution in [3.05, 3.63) is 0 Å². The molecule has 4 nitrogen and oxygen atoms in total. The van der Waals surface area contributed by atoms with E-state index in [9.17, 15) is 0 Å². The summed E-state index contributed by atoms with van der Waals surface area (Å²) < 4.78 is 0. The molecule has 0 aliphatic carbocycles. The van der Waals surface area contributed by atoms with Crippen molar-refractivity contribution < 1.29 is 14.8 Å². The summed E-state index contributed by atoms with van der Waals surface area (Å²) in [6, 6.07) is 0. The van der Waals surface area contributed by atoms with E-state index in [-0.39, 0.29) is 11.7 Å². The summed E-state index contributed by atoms with van der Waals surface area (Å²) >= 11 is 0. The number of hydrogen-bond acceptors (Lipinski definition) is 3. The van der Waals surface area contributed by atoms with Gasteiger partial charge in [-0.3, -0.25) is 0 Å². The van der Waals surface area contributed by atoms with Crippen molar-refractivity contribution in [1.29, 1.82) is 0 Å². The first kappa shape index (κ1) is 13.8. The van der Waals surface area contributed by atoms with Crippen LogP contribution in [-0.4, -0.2) is 30.5 Å². The van der Waals surface area contributed by atoms with Crippen LogP contribution in [0.1, 0.15) is 41.5 Å². The van der Waals surface area contributed by atoms with E-state index in [2.05, 4.69) is 0 Å². The molecule has 86 valence electrons. The number of quaternary nitrogens is 1. The Morgan fingerprint density at radius 2 is 1.79 bits per heavy atom. The Morgan fingerprint density at radius 3 is 2.07 bits per heavy atom. The van der Waals surface area contributed by atoms with Crippen LogP contribution in [0.2, 0.25) is 0 Å². The molecule has 0 fully saturated rings. The van der Waals surface area contributed by atoms with Gasteiger partial charge in [-0.1, -0.05) is 5.17 Å². The Kier molecular flexibility index (Phi) is 5.59. The van der Waals surface area contributed by atoms with Gasteiger partial charge < -0.3 is 0 Å². The smallest absolute Gasteiger partial charge is 0.121 e. The average Bonchev–Trinajstić information content (AvgIpc) is 1.96. The van der Waals surface area contributed by atoms with Crippen LogP contribution < -0.4 is 5.17 Å². The van der Waals surface area contributed by atoms with Gasteiger partial charge in [0, 0.05) is 5.17 Å². The van der Waals surface area contributed by atoms with Gasteiger partial charge in [0.2, 0.25) is 0 Å². The fourth-order valence-electron chi connectivity index (χ4n) is 1.12. The summed E-state index contributed by atoms with van der Waals surface area (Å²) in [6.07, 6.45) is 0.175. The molecule has 0 saturated carbocycles. The normalized spacial score (nSPS) is 15.2. The number of nitrogens with one attached hydrogen (secondary N) is 1. The summed E-state index contributed by atoms with van der Waals surface area (Å²) in [7, 11) is 1.93. The molecule has 0 aromatic rings. The fraction of sp³-hybridized carbons (Fsp3) is 1.00. The van der Waals surface area contributed by atoms with Crippen molar-refractivity contribution in [2.24, 2.45) is 0 Å². The summed E-state index contributed by atoms with van der Waals surface area (Å²) in [5.41, 5.74) is -0.169. The molecule has 0 saturated heterocycles. The van der Waals surface area contributed by atoms with Gasteiger partial charge in [-0.05, 0) is 41.5 Å². The zero-order valence-electron chi connectivity index (χ0n) is 10.5. The highest BCUT2D eigenvalue weighted by Gasteiger charge is 2.24. The molecule has 0 amide bonds. The quantitative estimate of drug-likeness (QED) is 0.673. The van der Waals surface area contributed by atoms with Crippen LogP contribution in [0.5, 0.6) is 0 Å². The van der Waals surface area contributed by atoms with E-state index in [0.29, 0.717) is 0 Å². The molecule has 1 N–H and O–H groups in total. The lowest BCUT2D eigenvalue weighted by atomic mass is 10.2. The molecule has 0 radical (unpaired) electrons. The lowest BCUT2D eigenvalue weighted by Gasteiger charge is -2.29. The molecule has 0 aliphatic rings. The van der Waals surface area contributed by atoms with Crippen LogP contribution in [-0.2, 0) is 9.68 Å². The first-order valence-corrected chi connectivity index (χ1v) is 5.23. The maximum atomic E-state index is 5.71. The molecular formula is C10H25N2O2+. The molecule has 0 rings (SSSR count). The second-order valence-corrected chi connectivity index (χ2v) is 4.58. The van der Waals surface area contributed by atoms with Gasteiger partial charge in [0.1, 0.15) is 12.6 Å². The van der Waals surface area contributed by atoms with Crippen LogP contribution in [0, 0.1) is 0 Å². The van der Waals surface area contributed by atoms with Gasteiger partial charge in [0.15, 0.2) is 0 Å². The second-order valence-electron chi connectivity index (χ2n) is 4.58. The van der Waals surface area contributed by atoms with Crippen molar-refractivity contribution in [1.82, 2.24) is 5.17 Å². The van der Waals surface area contributed by atoms with Crippen molar-refractivity contribution in [2.75, 3.05) is 13.6 Å². The second kappa shape index (κ2) is 5.66. The molecule has 0 aromatic carbocycles. The first-order chi connectivity index (χ1) is 6.26. The third kappa shape index (κ3) is 6.32. The van der Waals surface area contributed by atoms with E-state index in [0.717, 1.165) is 11.7 Å². The Hall–Kier alpha value is -0.160. The molecule has 14 heavy (non-hydrogen) atoms. The monoisotopic (exact) mass is 205 g/mol. The van der Waals surface area contributed by atoms with Crippen molar-refractivity contribution in [3.8, 4) is 0 Å². The van der Waals surface area contributed by atoms with E-state index >= 15 is 0 Å². The standard InChI is InChI=1S/C10H24N2O2/c1-8-12(13-9(2)3)11(7)14-10(4,5)6/h9H,8H2,1-7H3/p+1. The Morgan fingerprint density at radius 1 is 1.29 bits per heavy atom. The number of hydroxylamine groups is 2. The molecule has 0 aliphatic heterocycles. The number of rotatable bonds is 5. The van der Waals surface area contributed by atoms with Gasteiger partial charge in [-0.2, -0.15) is 4.84 Å². The van der Waals surface area contributed by atoms with Crippen LogP contribution in [0.3, 0.4) is 0 Å². The Bertz CT molecular complexity index is 155. The molecule has 0 aromatic heterocycles. The van der Waals surface area contributed by atoms with E-state index in [1.54, 1.807) is 5.17 Å². The van der Waals surface area contributed by atoms with Gasteiger partial charge in [0.05, 0.1) is 12.6 Å². The SMILES string of the molecule is CCN(OC(C)C)[NH+](C)OC(C)(C)C. The van der Waals surface area contributed by atoms with E-state index < -0.39 is 0 Å². The average molecular weight is 205 g/mol. The van der Waals surface area contributed by atoms with Crippen molar-refractivity contribution in [3.63, 3.8) is 0 Å². The fourth-order valence-corrected chi connectivity index (χ4v) is 1.12. The van der Waals surface area contributed by atoms with Crippen molar-refractivity contribution >= 4 is 0 Å². The maximum absolute atomic E-state index is 5.71. The minimum Gasteiger partial charge on any atom is -0.249 e. The summed E-state index contributed by atoms with van der Waals surface area (Å²) in [5.74, 6) is 0. The van der Waals surface area contributed by atoms with Gasteiger partial charge >= 0.3 is 0 Å². The third-order valence-corrected chi connectivity index (χ3v) is 1.43. The highest BCUT2D eigenvalue weighted by molar-refractivity contribution is 4.53. The lowest BCUT2D eigenvalue weighted by Crippen LogP contribution is -3.15. The largest absolute Gasteiger partial charge is 0.249 e. The molecule has 0 bridgehead atoms. The van der Waals surface area contributed by atoms with Crippen molar-refractivity contribution in [2.45, 2.75) is 53.2 Å². The minimum absolute atomic E-state index is 0.169. The van der Waals surface area contributed by atoms with Crippen LogP contribution >= 0.6 is 0 Å². The zero-order valence-corrected chi connectivity index (χ0v) is 10.5. The predicted molar refractivity (Wildman–Crippen MR) is 56.3 cm³/mol. The molecule has 1 atom stereocenters. The van der Waals surface area contributed by atoms with Gasteiger partial charge in [0.25, 0.3) is 0 Å². The van der Waals surface area contributed by atoms with Crippen LogP contribution in [0.25, 0.3) is 0 Å². The highest BCUT2D eigenvalue weighted by Crippen LogP contribution is 2.01. The predicted octanol–water partition coefficient (Wildman–Crippen LogP) is 0.808. The summed E-state index contributed by atoms with van der Waals surface area (Å²) in [5, 5.41) is 2.60. The molecule has 0 heterocycles. The first-order valence-electron chi connectivity index (χ1n) is 5.23. The number of nitrogens with zero attached hydrogens (tertiary/aromatic N) is 1. The topological polar surface area (TPSA) is 26.1 Å². The van der Waals surface area contributed by atoms with Gasteiger partial charge in [-0.25, -0.2) is 4.84 Å². The van der Waals surface area contributed by atoms with Crippen LogP contribution in [0.4, 0.5) is 0 Å². The molecular weight excluding hydrogens is 180 g/mol. The molecule has 0 spiro atoms. The summed E-state index contributed by atoms with van der Waals surface area (Å²) in [6.45, 7) is 12.9. The van der Waals surface area contributed by atoms with E-state index in [1.807, 2.05) is 48.6 Å².